The lowest BCUT2D eigenvalue weighted by molar-refractivity contribution is 0.749. The highest BCUT2D eigenvalue weighted by Gasteiger charge is 2.24. The van der Waals surface area contributed by atoms with Crippen LogP contribution in [0.5, 0.6) is 0 Å². The van der Waals surface area contributed by atoms with Crippen LogP contribution in [0.4, 0.5) is 5.82 Å². The van der Waals surface area contributed by atoms with Crippen LogP contribution >= 0.6 is 27.7 Å². The van der Waals surface area contributed by atoms with Crippen molar-refractivity contribution in [2.24, 2.45) is 0 Å². The van der Waals surface area contributed by atoms with Gasteiger partial charge in [0, 0.05) is 17.4 Å². The topological polar surface area (TPSA) is 51.8 Å². The Morgan fingerprint density at radius 2 is 2.21 bits per heavy atom. The minimum atomic E-state index is 0.515. The van der Waals surface area contributed by atoms with Gasteiger partial charge in [0.15, 0.2) is 0 Å². The molecule has 0 saturated carbocycles. The lowest BCUT2D eigenvalue weighted by Gasteiger charge is -2.24. The second kappa shape index (κ2) is 4.06. The molecule has 1 saturated heterocycles. The average Bonchev–Trinajstić information content (AvgIpc) is 2.08. The number of rotatable bonds is 2. The van der Waals surface area contributed by atoms with E-state index in [0.29, 0.717) is 11.7 Å². The SMILES string of the molecule is CCc1nc(C2CSC2)nc(N)c1Br. The Kier molecular flexibility index (Phi) is 2.97. The van der Waals surface area contributed by atoms with Crippen molar-refractivity contribution in [3.05, 3.63) is 16.0 Å². The first-order valence-corrected chi connectivity index (χ1v) is 6.56. The predicted molar refractivity (Wildman–Crippen MR) is 63.6 cm³/mol. The number of hydrogen-bond donors (Lipinski definition) is 1. The smallest absolute Gasteiger partial charge is 0.141 e. The number of anilines is 1. The second-order valence-corrected chi connectivity index (χ2v) is 5.18. The molecule has 0 unspecified atom stereocenters. The molecule has 0 amide bonds. The number of aromatic nitrogens is 2. The summed E-state index contributed by atoms with van der Waals surface area (Å²) in [5.41, 5.74) is 6.83. The molecular weight excluding hydrogens is 262 g/mol. The van der Waals surface area contributed by atoms with Crippen LogP contribution in [-0.4, -0.2) is 21.5 Å². The van der Waals surface area contributed by atoms with Crippen LogP contribution < -0.4 is 5.73 Å². The maximum atomic E-state index is 5.81. The van der Waals surface area contributed by atoms with Gasteiger partial charge in [-0.2, -0.15) is 11.8 Å². The van der Waals surface area contributed by atoms with Gasteiger partial charge < -0.3 is 5.73 Å². The Balaban J connectivity index is 2.37. The van der Waals surface area contributed by atoms with Crippen LogP contribution in [0.15, 0.2) is 4.47 Å². The molecule has 1 aliphatic heterocycles. The molecule has 5 heteroatoms. The third-order valence-corrected chi connectivity index (χ3v) is 4.44. The van der Waals surface area contributed by atoms with Gasteiger partial charge in [-0.25, -0.2) is 9.97 Å². The first-order chi connectivity index (χ1) is 6.72. The molecule has 76 valence electrons. The van der Waals surface area contributed by atoms with Crippen molar-refractivity contribution in [3.8, 4) is 0 Å². The molecule has 14 heavy (non-hydrogen) atoms. The van der Waals surface area contributed by atoms with Crippen molar-refractivity contribution in [3.63, 3.8) is 0 Å². The highest BCUT2D eigenvalue weighted by atomic mass is 79.9. The first kappa shape index (κ1) is 10.2. The molecule has 2 heterocycles. The average molecular weight is 274 g/mol. The van der Waals surface area contributed by atoms with E-state index < -0.39 is 0 Å². The van der Waals surface area contributed by atoms with Crippen molar-refractivity contribution in [2.75, 3.05) is 17.2 Å². The van der Waals surface area contributed by atoms with E-state index in [1.807, 2.05) is 11.8 Å². The fraction of sp³-hybridized carbons (Fsp3) is 0.556. The van der Waals surface area contributed by atoms with Gasteiger partial charge in [-0.15, -0.1) is 0 Å². The van der Waals surface area contributed by atoms with Gasteiger partial charge in [-0.3, -0.25) is 0 Å². The molecule has 2 rings (SSSR count). The molecule has 0 bridgehead atoms. The molecule has 0 spiro atoms. The molecule has 3 nitrogen and oxygen atoms in total. The van der Waals surface area contributed by atoms with E-state index in [2.05, 4.69) is 32.8 Å². The van der Waals surface area contributed by atoms with Gasteiger partial charge in [0.05, 0.1) is 10.2 Å². The summed E-state index contributed by atoms with van der Waals surface area (Å²) in [7, 11) is 0. The molecule has 0 aliphatic carbocycles. The highest BCUT2D eigenvalue weighted by molar-refractivity contribution is 9.10. The fourth-order valence-electron chi connectivity index (χ4n) is 1.33. The summed E-state index contributed by atoms with van der Waals surface area (Å²) in [4.78, 5) is 8.83. The van der Waals surface area contributed by atoms with Crippen LogP contribution in [0.1, 0.15) is 24.4 Å². The minimum Gasteiger partial charge on any atom is -0.383 e. The first-order valence-electron chi connectivity index (χ1n) is 4.62. The summed E-state index contributed by atoms with van der Waals surface area (Å²) < 4.78 is 0.857. The number of nitrogen functional groups attached to an aromatic ring is 1. The molecule has 1 aliphatic rings. The molecule has 0 radical (unpaired) electrons. The molecule has 1 aromatic heterocycles. The number of hydrogen-bond acceptors (Lipinski definition) is 4. The molecule has 1 aromatic rings. The van der Waals surface area contributed by atoms with E-state index in [-0.39, 0.29) is 0 Å². The van der Waals surface area contributed by atoms with Crippen molar-refractivity contribution >= 4 is 33.5 Å². The van der Waals surface area contributed by atoms with Gasteiger partial charge in [-0.05, 0) is 22.4 Å². The zero-order chi connectivity index (χ0) is 10.1. The van der Waals surface area contributed by atoms with E-state index in [1.54, 1.807) is 0 Å². The van der Waals surface area contributed by atoms with Gasteiger partial charge in [0.1, 0.15) is 11.6 Å². The molecular formula is C9H12BrN3S. The van der Waals surface area contributed by atoms with Crippen molar-refractivity contribution in [1.82, 2.24) is 9.97 Å². The van der Waals surface area contributed by atoms with Crippen LogP contribution in [-0.2, 0) is 6.42 Å². The van der Waals surface area contributed by atoms with E-state index in [1.165, 1.54) is 0 Å². The van der Waals surface area contributed by atoms with Crippen molar-refractivity contribution < 1.29 is 0 Å². The lowest BCUT2D eigenvalue weighted by Crippen LogP contribution is -2.20. The minimum absolute atomic E-state index is 0.515. The zero-order valence-electron chi connectivity index (χ0n) is 7.96. The summed E-state index contributed by atoms with van der Waals surface area (Å²) in [6.07, 6.45) is 0.889. The zero-order valence-corrected chi connectivity index (χ0v) is 10.4. The van der Waals surface area contributed by atoms with Gasteiger partial charge >= 0.3 is 0 Å². The summed E-state index contributed by atoms with van der Waals surface area (Å²) in [6.45, 7) is 2.08. The molecule has 2 N–H and O–H groups in total. The standard InChI is InChI=1S/C9H12BrN3S/c1-2-6-7(10)8(11)13-9(12-6)5-3-14-4-5/h5H,2-4H2,1H3,(H2,11,12,13). The Labute approximate surface area is 96.0 Å². The number of nitrogens with zero attached hydrogens (tertiary/aromatic N) is 2. The summed E-state index contributed by atoms with van der Waals surface area (Å²) in [5, 5.41) is 0. The maximum absolute atomic E-state index is 5.81. The van der Waals surface area contributed by atoms with Crippen LogP contribution in [0.25, 0.3) is 0 Å². The van der Waals surface area contributed by atoms with E-state index in [4.69, 9.17) is 5.73 Å². The van der Waals surface area contributed by atoms with E-state index >= 15 is 0 Å². The Morgan fingerprint density at radius 1 is 1.50 bits per heavy atom. The maximum Gasteiger partial charge on any atom is 0.141 e. The van der Waals surface area contributed by atoms with E-state index in [0.717, 1.165) is 33.9 Å². The second-order valence-electron chi connectivity index (χ2n) is 3.32. The molecule has 0 aromatic carbocycles. The van der Waals surface area contributed by atoms with Crippen LogP contribution in [0, 0.1) is 0 Å². The third kappa shape index (κ3) is 1.75. The summed E-state index contributed by atoms with van der Waals surface area (Å²) in [6, 6.07) is 0. The van der Waals surface area contributed by atoms with Crippen LogP contribution in [0.3, 0.4) is 0 Å². The lowest BCUT2D eigenvalue weighted by atomic mass is 10.2. The number of nitrogens with two attached hydrogens (primary N) is 1. The Bertz CT molecular complexity index is 352. The number of halogens is 1. The molecule has 1 fully saturated rings. The predicted octanol–water partition coefficient (Wildman–Crippen LogP) is 2.21. The highest BCUT2D eigenvalue weighted by Crippen LogP contribution is 2.33. The third-order valence-electron chi connectivity index (χ3n) is 2.30. The van der Waals surface area contributed by atoms with Gasteiger partial charge in [-0.1, -0.05) is 6.92 Å². The van der Waals surface area contributed by atoms with Crippen molar-refractivity contribution in [2.45, 2.75) is 19.3 Å². The largest absolute Gasteiger partial charge is 0.383 e. The van der Waals surface area contributed by atoms with Gasteiger partial charge in [0.25, 0.3) is 0 Å². The quantitative estimate of drug-likeness (QED) is 0.898. The number of thioether (sulfide) groups is 1. The summed E-state index contributed by atoms with van der Waals surface area (Å²) >= 11 is 5.34. The van der Waals surface area contributed by atoms with E-state index in [9.17, 15) is 0 Å². The van der Waals surface area contributed by atoms with Crippen LogP contribution in [0.2, 0.25) is 0 Å². The summed E-state index contributed by atoms with van der Waals surface area (Å²) in [5.74, 6) is 4.26. The Morgan fingerprint density at radius 3 is 2.71 bits per heavy atom. The van der Waals surface area contributed by atoms with Crippen molar-refractivity contribution in [1.29, 1.82) is 0 Å². The molecule has 0 atom stereocenters. The Hall–Kier alpha value is -0.290. The normalized spacial score (nSPS) is 16.7. The van der Waals surface area contributed by atoms with Gasteiger partial charge in [0.2, 0.25) is 0 Å². The monoisotopic (exact) mass is 273 g/mol. The fourth-order valence-corrected chi connectivity index (χ4v) is 2.56. The number of aryl methyl sites for hydroxylation is 1.